The second kappa shape index (κ2) is 3.63. The Labute approximate surface area is 69.3 Å². The zero-order chi connectivity index (χ0) is 7.56. The van der Waals surface area contributed by atoms with Crippen LogP contribution < -0.4 is 0 Å². The first-order chi connectivity index (χ1) is 4.70. The molecule has 2 heteroatoms. The second-order valence-corrected chi connectivity index (χ2v) is 4.12. The van der Waals surface area contributed by atoms with Gasteiger partial charge in [-0.3, -0.25) is 4.31 Å². The quantitative estimate of drug-likeness (QED) is 0.575. The van der Waals surface area contributed by atoms with Crippen LogP contribution in [0.5, 0.6) is 0 Å². The van der Waals surface area contributed by atoms with Crippen LogP contribution in [0.1, 0.15) is 32.6 Å². The third-order valence-electron chi connectivity index (χ3n) is 2.51. The number of hydrogen-bond donors (Lipinski definition) is 1. The Morgan fingerprint density at radius 3 is 2.10 bits per heavy atom. The van der Waals surface area contributed by atoms with Crippen LogP contribution in [-0.4, -0.2) is 17.4 Å². The first kappa shape index (κ1) is 8.41. The summed E-state index contributed by atoms with van der Waals surface area (Å²) in [6, 6.07) is 0.736. The van der Waals surface area contributed by atoms with Crippen molar-refractivity contribution in [3.8, 4) is 0 Å². The minimum absolute atomic E-state index is 0.736. The fraction of sp³-hybridized carbons (Fsp3) is 1.00. The molecular weight excluding hydrogens is 142 g/mol. The molecule has 0 aromatic heterocycles. The lowest BCUT2D eigenvalue weighted by atomic mass is 9.87. The van der Waals surface area contributed by atoms with Crippen LogP contribution in [0.25, 0.3) is 0 Å². The van der Waals surface area contributed by atoms with Crippen LogP contribution >= 0.6 is 12.8 Å². The maximum absolute atomic E-state index is 4.30. The molecule has 1 fully saturated rings. The van der Waals surface area contributed by atoms with Crippen molar-refractivity contribution in [2.45, 2.75) is 38.6 Å². The van der Waals surface area contributed by atoms with Crippen LogP contribution in [0.15, 0.2) is 0 Å². The summed E-state index contributed by atoms with van der Waals surface area (Å²) >= 11 is 4.30. The van der Waals surface area contributed by atoms with Gasteiger partial charge in [-0.2, -0.15) is 0 Å². The van der Waals surface area contributed by atoms with E-state index in [1.165, 1.54) is 25.7 Å². The van der Waals surface area contributed by atoms with E-state index in [0.717, 1.165) is 12.0 Å². The van der Waals surface area contributed by atoms with Crippen molar-refractivity contribution in [1.82, 2.24) is 4.31 Å². The van der Waals surface area contributed by atoms with Crippen LogP contribution in [-0.2, 0) is 0 Å². The normalized spacial score (nSPS) is 34.8. The third kappa shape index (κ3) is 2.17. The molecule has 0 aliphatic heterocycles. The average molecular weight is 159 g/mol. The maximum atomic E-state index is 4.30. The number of rotatable bonds is 1. The molecule has 1 saturated carbocycles. The summed E-state index contributed by atoms with van der Waals surface area (Å²) in [5, 5.41) is 0. The minimum Gasteiger partial charge on any atom is -0.253 e. The van der Waals surface area contributed by atoms with E-state index in [1.54, 1.807) is 0 Å². The molecular formula is C8H17NS. The highest BCUT2D eigenvalue weighted by Gasteiger charge is 2.19. The van der Waals surface area contributed by atoms with Crippen molar-refractivity contribution in [2.75, 3.05) is 7.05 Å². The Morgan fingerprint density at radius 1 is 1.20 bits per heavy atom. The highest BCUT2D eigenvalue weighted by Crippen LogP contribution is 2.26. The zero-order valence-electron chi connectivity index (χ0n) is 6.88. The Hall–Kier alpha value is 0.310. The van der Waals surface area contributed by atoms with Crippen LogP contribution in [0.2, 0.25) is 0 Å². The molecule has 10 heavy (non-hydrogen) atoms. The van der Waals surface area contributed by atoms with E-state index < -0.39 is 0 Å². The monoisotopic (exact) mass is 159 g/mol. The molecule has 60 valence electrons. The molecule has 1 aliphatic rings. The Bertz CT molecular complexity index is 95.4. The molecule has 0 radical (unpaired) electrons. The number of thiol groups is 1. The van der Waals surface area contributed by atoms with Gasteiger partial charge in [0.1, 0.15) is 0 Å². The molecule has 1 aliphatic carbocycles. The van der Waals surface area contributed by atoms with E-state index in [9.17, 15) is 0 Å². The maximum Gasteiger partial charge on any atom is 0.0197 e. The molecule has 0 N–H and O–H groups in total. The van der Waals surface area contributed by atoms with Crippen LogP contribution in [0.3, 0.4) is 0 Å². The fourth-order valence-electron chi connectivity index (χ4n) is 1.62. The van der Waals surface area contributed by atoms with Crippen molar-refractivity contribution in [2.24, 2.45) is 5.92 Å². The largest absolute Gasteiger partial charge is 0.253 e. The summed E-state index contributed by atoms with van der Waals surface area (Å²) in [5.41, 5.74) is 0. The second-order valence-electron chi connectivity index (χ2n) is 3.49. The van der Waals surface area contributed by atoms with E-state index >= 15 is 0 Å². The van der Waals surface area contributed by atoms with E-state index in [2.05, 4.69) is 31.1 Å². The number of hydrogen-bond acceptors (Lipinski definition) is 2. The predicted molar refractivity (Wildman–Crippen MR) is 48.2 cm³/mol. The Morgan fingerprint density at radius 2 is 1.70 bits per heavy atom. The van der Waals surface area contributed by atoms with Gasteiger partial charge in [-0.15, -0.1) is 0 Å². The van der Waals surface area contributed by atoms with Gasteiger partial charge < -0.3 is 0 Å². The number of nitrogens with zero attached hydrogens (tertiary/aromatic N) is 1. The van der Waals surface area contributed by atoms with Gasteiger partial charge in [0.05, 0.1) is 0 Å². The summed E-state index contributed by atoms with van der Waals surface area (Å²) in [6.07, 6.45) is 5.44. The Kier molecular flexibility index (Phi) is 3.05. The molecule has 0 amide bonds. The van der Waals surface area contributed by atoms with E-state index in [-0.39, 0.29) is 0 Å². The topological polar surface area (TPSA) is 3.24 Å². The van der Waals surface area contributed by atoms with Crippen molar-refractivity contribution in [3.05, 3.63) is 0 Å². The van der Waals surface area contributed by atoms with E-state index in [0.29, 0.717) is 0 Å². The Balaban J connectivity index is 2.26. The smallest absolute Gasteiger partial charge is 0.0197 e. The minimum atomic E-state index is 0.736. The molecule has 0 saturated heterocycles. The summed E-state index contributed by atoms with van der Waals surface area (Å²) in [5.74, 6) is 0.949. The van der Waals surface area contributed by atoms with Gasteiger partial charge in [0.2, 0.25) is 0 Å². The van der Waals surface area contributed by atoms with Crippen LogP contribution in [0, 0.1) is 5.92 Å². The fourth-order valence-corrected chi connectivity index (χ4v) is 1.85. The highest BCUT2D eigenvalue weighted by atomic mass is 32.1. The van der Waals surface area contributed by atoms with Crippen molar-refractivity contribution >= 4 is 12.8 Å². The third-order valence-corrected chi connectivity index (χ3v) is 2.84. The van der Waals surface area contributed by atoms with E-state index in [4.69, 9.17) is 0 Å². The van der Waals surface area contributed by atoms with Crippen molar-refractivity contribution in [3.63, 3.8) is 0 Å². The molecule has 1 rings (SSSR count). The summed E-state index contributed by atoms with van der Waals surface area (Å²) < 4.78 is 2.06. The lowest BCUT2D eigenvalue weighted by Crippen LogP contribution is -2.28. The molecule has 0 aromatic carbocycles. The zero-order valence-corrected chi connectivity index (χ0v) is 7.77. The van der Waals surface area contributed by atoms with Gasteiger partial charge in [-0.05, 0) is 38.6 Å². The van der Waals surface area contributed by atoms with Gasteiger partial charge in [0, 0.05) is 6.04 Å². The standard InChI is InChI=1S/C8H17NS/c1-7-3-5-8(6-4-7)9(2)10/h7-8,10H,3-6H2,1-2H3. The molecule has 0 aromatic rings. The van der Waals surface area contributed by atoms with Gasteiger partial charge in [0.25, 0.3) is 0 Å². The average Bonchev–Trinajstić information content (AvgIpc) is 1.88. The first-order valence-electron chi connectivity index (χ1n) is 4.12. The summed E-state index contributed by atoms with van der Waals surface area (Å²) in [6.45, 7) is 2.34. The van der Waals surface area contributed by atoms with Crippen molar-refractivity contribution < 1.29 is 0 Å². The van der Waals surface area contributed by atoms with Gasteiger partial charge >= 0.3 is 0 Å². The van der Waals surface area contributed by atoms with Crippen LogP contribution in [0.4, 0.5) is 0 Å². The summed E-state index contributed by atoms with van der Waals surface area (Å²) in [4.78, 5) is 0. The predicted octanol–water partition coefficient (Wildman–Crippen LogP) is 2.34. The SMILES string of the molecule is CC1CCC(N(C)S)CC1. The summed E-state index contributed by atoms with van der Waals surface area (Å²) in [7, 11) is 2.06. The lowest BCUT2D eigenvalue weighted by molar-refractivity contribution is 0.261. The van der Waals surface area contributed by atoms with Gasteiger partial charge in [-0.25, -0.2) is 0 Å². The molecule has 0 heterocycles. The van der Waals surface area contributed by atoms with Crippen molar-refractivity contribution in [1.29, 1.82) is 0 Å². The highest BCUT2D eigenvalue weighted by molar-refractivity contribution is 7.77. The molecule has 1 nitrogen and oxygen atoms in total. The molecule has 0 spiro atoms. The molecule has 0 atom stereocenters. The molecule has 0 unspecified atom stereocenters. The molecule has 0 bridgehead atoms. The van der Waals surface area contributed by atoms with Gasteiger partial charge in [0.15, 0.2) is 0 Å². The first-order valence-corrected chi connectivity index (χ1v) is 4.52. The van der Waals surface area contributed by atoms with E-state index in [1.807, 2.05) is 0 Å². The lowest BCUT2D eigenvalue weighted by Gasteiger charge is -2.29. The van der Waals surface area contributed by atoms with Gasteiger partial charge in [-0.1, -0.05) is 19.7 Å².